The summed E-state index contributed by atoms with van der Waals surface area (Å²) in [5.41, 5.74) is 0.960. The Balaban J connectivity index is 1.04. The molecule has 0 amide bonds. The molecule has 0 unspecified atom stereocenters. The number of nitrogens with zero attached hydrogens (tertiary/aromatic N) is 5. The second-order valence-electron chi connectivity index (χ2n) is 10.3. The third-order valence-electron chi connectivity index (χ3n) is 7.47. The summed E-state index contributed by atoms with van der Waals surface area (Å²) in [5.74, 6) is 0.108. The number of hydrogen-bond donors (Lipinski definition) is 0. The molecule has 2 atom stereocenters. The lowest BCUT2D eigenvalue weighted by molar-refractivity contribution is -0.189. The van der Waals surface area contributed by atoms with Crippen LogP contribution in [0.1, 0.15) is 11.1 Å². The van der Waals surface area contributed by atoms with Crippen LogP contribution in [0.2, 0.25) is 10.0 Å². The number of anilines is 2. The van der Waals surface area contributed by atoms with Crippen LogP contribution in [0.5, 0.6) is 5.75 Å². The van der Waals surface area contributed by atoms with Gasteiger partial charge in [-0.15, -0.1) is 0 Å². The van der Waals surface area contributed by atoms with Crippen molar-refractivity contribution in [1.82, 2.24) is 14.5 Å². The molecule has 6 rings (SSSR count). The largest absolute Gasteiger partial charge is 0.491 e. The summed E-state index contributed by atoms with van der Waals surface area (Å²) in [6, 6.07) is 15.5. The van der Waals surface area contributed by atoms with Gasteiger partial charge in [0.05, 0.1) is 30.1 Å². The predicted molar refractivity (Wildman–Crippen MR) is 157 cm³/mol. The van der Waals surface area contributed by atoms with E-state index in [4.69, 9.17) is 37.4 Å². The maximum Gasteiger partial charge on any atom is 0.417 e. The average Bonchev–Trinajstić information content (AvgIpc) is 3.67. The molecule has 13 heteroatoms. The van der Waals surface area contributed by atoms with Gasteiger partial charge in [0.25, 0.3) is 0 Å². The lowest BCUT2D eigenvalue weighted by atomic mass is 10.1. The minimum atomic E-state index is -4.39. The van der Waals surface area contributed by atoms with E-state index in [9.17, 15) is 13.2 Å². The van der Waals surface area contributed by atoms with E-state index in [0.29, 0.717) is 66.5 Å². The van der Waals surface area contributed by atoms with Crippen LogP contribution in [-0.2, 0) is 28.0 Å². The van der Waals surface area contributed by atoms with E-state index >= 15 is 0 Å². The summed E-state index contributed by atoms with van der Waals surface area (Å²) >= 11 is 12.7. The molecule has 2 saturated heterocycles. The molecule has 0 N–H and O–H groups in total. The van der Waals surface area contributed by atoms with Gasteiger partial charge in [0.15, 0.2) is 0 Å². The highest BCUT2D eigenvalue weighted by molar-refractivity contribution is 6.35. The quantitative estimate of drug-likeness (QED) is 0.226. The van der Waals surface area contributed by atoms with Gasteiger partial charge < -0.3 is 28.6 Å². The van der Waals surface area contributed by atoms with Gasteiger partial charge in [-0.1, -0.05) is 29.3 Å². The van der Waals surface area contributed by atoms with Crippen molar-refractivity contribution in [2.75, 3.05) is 49.2 Å². The van der Waals surface area contributed by atoms with Crippen LogP contribution in [-0.4, -0.2) is 60.0 Å². The zero-order chi connectivity index (χ0) is 30.0. The SMILES string of the molecule is FC(F)(F)c1ccc(N2CCN(c3ccc(OC[C@@H]4CO[C@@](Cn5ccnc5)(c5ccc(Cl)cc5Cl)O4)cc3)CC2)nc1. The monoisotopic (exact) mass is 633 g/mol. The average molecular weight is 634 g/mol. The number of halogens is 5. The Labute approximate surface area is 256 Å². The molecule has 2 aliphatic rings. The van der Waals surface area contributed by atoms with Crippen LogP contribution in [0, 0.1) is 0 Å². The molecular formula is C30H28Cl2F3N5O3. The van der Waals surface area contributed by atoms with E-state index < -0.39 is 17.5 Å². The number of rotatable bonds is 8. The first-order valence-corrected chi connectivity index (χ1v) is 14.4. The lowest BCUT2D eigenvalue weighted by Crippen LogP contribution is -2.46. The van der Waals surface area contributed by atoms with Crippen molar-refractivity contribution >= 4 is 34.7 Å². The minimum Gasteiger partial charge on any atom is -0.491 e. The van der Waals surface area contributed by atoms with E-state index in [1.54, 1.807) is 24.7 Å². The molecule has 2 aromatic heterocycles. The van der Waals surface area contributed by atoms with Gasteiger partial charge in [-0.3, -0.25) is 0 Å². The van der Waals surface area contributed by atoms with E-state index in [2.05, 4.69) is 14.9 Å². The molecule has 2 fully saturated rings. The molecule has 0 aliphatic carbocycles. The Bertz CT molecular complexity index is 1520. The van der Waals surface area contributed by atoms with Gasteiger partial charge in [-0.05, 0) is 48.5 Å². The van der Waals surface area contributed by atoms with E-state index in [-0.39, 0.29) is 12.7 Å². The molecule has 43 heavy (non-hydrogen) atoms. The van der Waals surface area contributed by atoms with Crippen LogP contribution in [0.3, 0.4) is 0 Å². The van der Waals surface area contributed by atoms with Crippen molar-refractivity contribution < 1.29 is 27.4 Å². The molecule has 8 nitrogen and oxygen atoms in total. The normalized spacial score (nSPS) is 20.9. The minimum absolute atomic E-state index is 0.273. The summed E-state index contributed by atoms with van der Waals surface area (Å²) in [5, 5.41) is 0.965. The first-order chi connectivity index (χ1) is 20.7. The van der Waals surface area contributed by atoms with Crippen molar-refractivity contribution in [1.29, 1.82) is 0 Å². The number of alkyl halides is 3. The van der Waals surface area contributed by atoms with Crippen LogP contribution >= 0.6 is 23.2 Å². The number of aromatic nitrogens is 3. The molecule has 2 aromatic carbocycles. The fourth-order valence-electron chi connectivity index (χ4n) is 5.25. The van der Waals surface area contributed by atoms with Gasteiger partial charge in [-0.2, -0.15) is 13.2 Å². The number of imidazole rings is 1. The predicted octanol–water partition coefficient (Wildman–Crippen LogP) is 6.28. The van der Waals surface area contributed by atoms with Crippen molar-refractivity contribution in [3.63, 3.8) is 0 Å². The van der Waals surface area contributed by atoms with Crippen LogP contribution < -0.4 is 14.5 Å². The van der Waals surface area contributed by atoms with Crippen LogP contribution in [0.15, 0.2) is 79.5 Å². The van der Waals surface area contributed by atoms with Crippen molar-refractivity contribution in [3.8, 4) is 5.75 Å². The van der Waals surface area contributed by atoms with Gasteiger partial charge >= 0.3 is 6.18 Å². The smallest absolute Gasteiger partial charge is 0.417 e. The second-order valence-corrected chi connectivity index (χ2v) is 11.2. The summed E-state index contributed by atoms with van der Waals surface area (Å²) < 4.78 is 59.1. The number of pyridine rings is 1. The molecule has 226 valence electrons. The topological polar surface area (TPSA) is 64.9 Å². The third kappa shape index (κ3) is 6.70. The Hall–Kier alpha value is -3.51. The first kappa shape index (κ1) is 29.6. The maximum atomic E-state index is 12.8. The molecule has 4 heterocycles. The van der Waals surface area contributed by atoms with Crippen LogP contribution in [0.4, 0.5) is 24.7 Å². The second kappa shape index (κ2) is 12.2. The van der Waals surface area contributed by atoms with E-state index in [0.717, 1.165) is 18.0 Å². The molecular weight excluding hydrogens is 606 g/mol. The third-order valence-corrected chi connectivity index (χ3v) is 8.02. The molecule has 4 aromatic rings. The lowest BCUT2D eigenvalue weighted by Gasteiger charge is -2.36. The van der Waals surface area contributed by atoms with E-state index in [1.165, 1.54) is 6.07 Å². The number of hydrogen-bond acceptors (Lipinski definition) is 7. The highest BCUT2D eigenvalue weighted by Gasteiger charge is 2.45. The number of benzene rings is 2. The van der Waals surface area contributed by atoms with Gasteiger partial charge in [0.1, 0.15) is 24.3 Å². The highest BCUT2D eigenvalue weighted by atomic mass is 35.5. The summed E-state index contributed by atoms with van der Waals surface area (Å²) in [7, 11) is 0. The standard InChI is InChI=1S/C30H28Cl2F3N5O3/c31-22-2-7-26(27(32)15-22)29(19-38-10-9-36-20-38)42-18-25(43-29)17-41-24-5-3-23(4-6-24)39-11-13-40(14-12-39)28-8-1-21(16-37-28)30(33,34)35/h1-10,15-16,20,25H,11-14,17-19H2/t25-,29-/m1/s1. The Kier molecular flexibility index (Phi) is 8.41. The summed E-state index contributed by atoms with van der Waals surface area (Å²) in [6.07, 6.45) is 1.35. The Morgan fingerprint density at radius 2 is 1.74 bits per heavy atom. The summed E-state index contributed by atoms with van der Waals surface area (Å²) in [6.45, 7) is 3.65. The number of piperazine rings is 1. The molecule has 0 saturated carbocycles. The zero-order valence-electron chi connectivity index (χ0n) is 22.9. The fourth-order valence-corrected chi connectivity index (χ4v) is 5.80. The Morgan fingerprint density at radius 1 is 0.977 bits per heavy atom. The van der Waals surface area contributed by atoms with Crippen molar-refractivity contribution in [3.05, 3.63) is 101 Å². The van der Waals surface area contributed by atoms with Gasteiger partial charge in [0, 0.05) is 61.0 Å². The molecule has 2 aliphatic heterocycles. The fraction of sp³-hybridized carbons (Fsp3) is 0.333. The van der Waals surface area contributed by atoms with Crippen molar-refractivity contribution in [2.45, 2.75) is 24.6 Å². The first-order valence-electron chi connectivity index (χ1n) is 13.7. The zero-order valence-corrected chi connectivity index (χ0v) is 24.4. The molecule has 0 radical (unpaired) electrons. The van der Waals surface area contributed by atoms with Gasteiger partial charge in [-0.25, -0.2) is 9.97 Å². The van der Waals surface area contributed by atoms with Crippen molar-refractivity contribution in [2.24, 2.45) is 0 Å². The number of ether oxygens (including phenoxy) is 3. The van der Waals surface area contributed by atoms with E-state index in [1.807, 2.05) is 46.0 Å². The van der Waals surface area contributed by atoms with Gasteiger partial charge in [0.2, 0.25) is 5.79 Å². The highest BCUT2D eigenvalue weighted by Crippen LogP contribution is 2.40. The molecule has 0 spiro atoms. The summed E-state index contributed by atoms with van der Waals surface area (Å²) in [4.78, 5) is 12.3. The maximum absolute atomic E-state index is 12.8. The molecule has 0 bridgehead atoms. The Morgan fingerprint density at radius 3 is 2.40 bits per heavy atom. The van der Waals surface area contributed by atoms with Crippen LogP contribution in [0.25, 0.3) is 0 Å².